The van der Waals surface area contributed by atoms with Gasteiger partial charge in [-0.3, -0.25) is 10.5 Å². The van der Waals surface area contributed by atoms with Crippen molar-refractivity contribution >= 4 is 22.4 Å². The number of anilines is 1. The second kappa shape index (κ2) is 6.07. The highest BCUT2D eigenvalue weighted by molar-refractivity contribution is 5.84. The number of aliphatic hydroxyl groups is 1. The summed E-state index contributed by atoms with van der Waals surface area (Å²) in [4.78, 5) is 11.2. The Morgan fingerprint density at radius 1 is 1.26 bits per heavy atom. The van der Waals surface area contributed by atoms with E-state index in [4.69, 9.17) is 11.5 Å². The van der Waals surface area contributed by atoms with Crippen LogP contribution in [0.5, 0.6) is 0 Å². The van der Waals surface area contributed by atoms with E-state index in [0.29, 0.717) is 11.4 Å². The van der Waals surface area contributed by atoms with Crippen LogP contribution in [0.1, 0.15) is 5.69 Å². The van der Waals surface area contributed by atoms with Gasteiger partial charge >= 0.3 is 0 Å². The van der Waals surface area contributed by atoms with Crippen LogP contribution < -0.4 is 16.8 Å². The highest BCUT2D eigenvalue weighted by atomic mass is 16.3. The molecule has 7 heteroatoms. The second-order valence-corrected chi connectivity index (χ2v) is 5.20. The van der Waals surface area contributed by atoms with Gasteiger partial charge in [-0.25, -0.2) is 4.68 Å². The molecular weight excluding hydrogens is 294 g/mol. The molecular formula is C16H17N5O2. The molecule has 0 aliphatic rings. The molecule has 3 rings (SSSR count). The number of benzene rings is 2. The number of amides is 1. The molecule has 1 atom stereocenters. The summed E-state index contributed by atoms with van der Waals surface area (Å²) in [7, 11) is 0. The highest BCUT2D eigenvalue weighted by Gasteiger charge is 2.14. The van der Waals surface area contributed by atoms with Gasteiger partial charge in [0.1, 0.15) is 0 Å². The van der Waals surface area contributed by atoms with Crippen molar-refractivity contribution in [3.63, 3.8) is 0 Å². The Bertz CT molecular complexity index is 857. The number of hydrogen-bond acceptors (Lipinski definition) is 5. The monoisotopic (exact) mass is 311 g/mol. The van der Waals surface area contributed by atoms with Crippen LogP contribution in [0.15, 0.2) is 48.7 Å². The minimum Gasteiger partial charge on any atom is -0.369 e. The standard InChI is InChI=1S/C16H17N5O2/c17-15(22)8-13-14(19-16(18)23)9-21(20-13)12-6-5-10-3-1-2-4-11(10)7-12/h1-7,9,16,19,23H,8,18H2,(H2,17,22). The molecule has 6 N–H and O–H groups in total. The third kappa shape index (κ3) is 3.31. The zero-order chi connectivity index (χ0) is 16.4. The van der Waals surface area contributed by atoms with Crippen molar-refractivity contribution in [2.45, 2.75) is 12.8 Å². The van der Waals surface area contributed by atoms with Gasteiger partial charge < -0.3 is 16.2 Å². The van der Waals surface area contributed by atoms with Crippen molar-refractivity contribution < 1.29 is 9.90 Å². The first kappa shape index (κ1) is 15.0. The van der Waals surface area contributed by atoms with Gasteiger partial charge in [-0.2, -0.15) is 5.10 Å². The quantitative estimate of drug-likeness (QED) is 0.517. The van der Waals surface area contributed by atoms with Crippen LogP contribution in [0.2, 0.25) is 0 Å². The van der Waals surface area contributed by atoms with E-state index >= 15 is 0 Å². The van der Waals surface area contributed by atoms with Gasteiger partial charge in [0.15, 0.2) is 6.35 Å². The summed E-state index contributed by atoms with van der Waals surface area (Å²) in [6.45, 7) is 0. The van der Waals surface area contributed by atoms with Gasteiger partial charge in [0.2, 0.25) is 5.91 Å². The number of hydrogen-bond donors (Lipinski definition) is 4. The maximum Gasteiger partial charge on any atom is 0.223 e. The average Bonchev–Trinajstić information content (AvgIpc) is 2.88. The van der Waals surface area contributed by atoms with Crippen LogP contribution in [-0.2, 0) is 11.2 Å². The molecule has 0 bridgehead atoms. The molecule has 0 aliphatic carbocycles. The molecule has 0 saturated carbocycles. The summed E-state index contributed by atoms with van der Waals surface area (Å²) in [5.41, 5.74) is 12.3. The van der Waals surface area contributed by atoms with Crippen molar-refractivity contribution in [2.24, 2.45) is 11.5 Å². The van der Waals surface area contributed by atoms with Crippen molar-refractivity contribution in [3.8, 4) is 5.69 Å². The average molecular weight is 311 g/mol. The number of carbonyl (C=O) groups is 1. The topological polar surface area (TPSA) is 119 Å². The highest BCUT2D eigenvalue weighted by Crippen LogP contribution is 2.21. The van der Waals surface area contributed by atoms with Crippen LogP contribution in [0.3, 0.4) is 0 Å². The van der Waals surface area contributed by atoms with Gasteiger partial charge in [-0.05, 0) is 22.9 Å². The molecule has 1 heterocycles. The summed E-state index contributed by atoms with van der Waals surface area (Å²) in [6.07, 6.45) is 0.365. The fraction of sp³-hybridized carbons (Fsp3) is 0.125. The summed E-state index contributed by atoms with van der Waals surface area (Å²) < 4.78 is 1.62. The number of nitrogens with zero attached hydrogens (tertiary/aromatic N) is 2. The molecule has 0 saturated heterocycles. The largest absolute Gasteiger partial charge is 0.369 e. The lowest BCUT2D eigenvalue weighted by Crippen LogP contribution is -2.29. The Morgan fingerprint density at radius 3 is 2.70 bits per heavy atom. The normalized spacial score (nSPS) is 12.3. The predicted octanol–water partition coefficient (Wildman–Crippen LogP) is 0.700. The van der Waals surface area contributed by atoms with Crippen LogP contribution >= 0.6 is 0 Å². The van der Waals surface area contributed by atoms with Gasteiger partial charge in [-0.1, -0.05) is 30.3 Å². The Balaban J connectivity index is 2.03. The zero-order valence-corrected chi connectivity index (χ0v) is 12.3. The Morgan fingerprint density at radius 2 is 2.00 bits per heavy atom. The van der Waals surface area contributed by atoms with E-state index in [0.717, 1.165) is 16.5 Å². The molecule has 1 unspecified atom stereocenters. The maximum atomic E-state index is 11.2. The lowest BCUT2D eigenvalue weighted by molar-refractivity contribution is -0.117. The number of rotatable bonds is 5. The van der Waals surface area contributed by atoms with Crippen LogP contribution in [0, 0.1) is 0 Å². The van der Waals surface area contributed by atoms with Crippen molar-refractivity contribution in [1.82, 2.24) is 9.78 Å². The molecule has 7 nitrogen and oxygen atoms in total. The molecule has 118 valence electrons. The maximum absolute atomic E-state index is 11.2. The van der Waals surface area contributed by atoms with E-state index < -0.39 is 12.3 Å². The van der Waals surface area contributed by atoms with E-state index in [1.54, 1.807) is 10.9 Å². The molecule has 1 aromatic heterocycles. The number of aliphatic hydroxyl groups excluding tert-OH is 1. The molecule has 0 radical (unpaired) electrons. The van der Waals surface area contributed by atoms with Crippen LogP contribution in [-0.4, -0.2) is 27.1 Å². The number of carbonyl (C=O) groups excluding carboxylic acids is 1. The van der Waals surface area contributed by atoms with Gasteiger partial charge in [-0.15, -0.1) is 0 Å². The van der Waals surface area contributed by atoms with Gasteiger partial charge in [0, 0.05) is 0 Å². The first-order chi connectivity index (χ1) is 11.0. The molecule has 0 aliphatic heterocycles. The van der Waals surface area contributed by atoms with E-state index in [1.807, 2.05) is 42.5 Å². The first-order valence-corrected chi connectivity index (χ1v) is 7.09. The first-order valence-electron chi connectivity index (χ1n) is 7.09. The van der Waals surface area contributed by atoms with E-state index in [-0.39, 0.29) is 6.42 Å². The number of nitrogens with two attached hydrogens (primary N) is 2. The minimum atomic E-state index is -1.25. The fourth-order valence-electron chi connectivity index (χ4n) is 2.44. The lowest BCUT2D eigenvalue weighted by atomic mass is 10.1. The SMILES string of the molecule is NC(=O)Cc1nn(-c2ccc3ccccc3c2)cc1NC(N)O. The van der Waals surface area contributed by atoms with Crippen LogP contribution in [0.25, 0.3) is 16.5 Å². The van der Waals surface area contributed by atoms with Crippen molar-refractivity contribution in [3.05, 3.63) is 54.4 Å². The van der Waals surface area contributed by atoms with E-state index in [1.165, 1.54) is 0 Å². The second-order valence-electron chi connectivity index (χ2n) is 5.20. The molecule has 1 amide bonds. The van der Waals surface area contributed by atoms with Crippen molar-refractivity contribution in [1.29, 1.82) is 0 Å². The molecule has 2 aromatic carbocycles. The summed E-state index contributed by atoms with van der Waals surface area (Å²) in [6, 6.07) is 13.9. The van der Waals surface area contributed by atoms with Crippen molar-refractivity contribution in [2.75, 3.05) is 5.32 Å². The fourth-order valence-corrected chi connectivity index (χ4v) is 2.44. The number of primary amides is 1. The minimum absolute atomic E-state index is 0.0460. The lowest BCUT2D eigenvalue weighted by Gasteiger charge is -2.07. The van der Waals surface area contributed by atoms with E-state index in [2.05, 4.69) is 10.4 Å². The number of aromatic nitrogens is 2. The Hall–Kier alpha value is -2.90. The predicted molar refractivity (Wildman–Crippen MR) is 87.8 cm³/mol. The summed E-state index contributed by atoms with van der Waals surface area (Å²) in [5, 5.41) is 18.5. The van der Waals surface area contributed by atoms with Crippen LogP contribution in [0.4, 0.5) is 5.69 Å². The Kier molecular flexibility index (Phi) is 3.96. The number of fused-ring (bicyclic) bond motifs is 1. The molecule has 3 aromatic rings. The summed E-state index contributed by atoms with van der Waals surface area (Å²) in [5.74, 6) is -0.511. The molecule has 0 spiro atoms. The van der Waals surface area contributed by atoms with E-state index in [9.17, 15) is 9.90 Å². The molecule has 0 fully saturated rings. The summed E-state index contributed by atoms with van der Waals surface area (Å²) >= 11 is 0. The molecule has 23 heavy (non-hydrogen) atoms. The smallest absolute Gasteiger partial charge is 0.223 e. The zero-order valence-electron chi connectivity index (χ0n) is 12.3. The van der Waals surface area contributed by atoms with Gasteiger partial charge in [0.25, 0.3) is 0 Å². The Labute approximate surface area is 132 Å². The number of nitrogens with one attached hydrogen (secondary N) is 1. The third-order valence-corrected chi connectivity index (χ3v) is 3.43. The van der Waals surface area contributed by atoms with Gasteiger partial charge in [0.05, 0.1) is 29.7 Å². The third-order valence-electron chi connectivity index (χ3n) is 3.43.